The minimum atomic E-state index is -4.93. The quantitative estimate of drug-likeness (QED) is 0.743. The van der Waals surface area contributed by atoms with Gasteiger partial charge in [0.25, 0.3) is 0 Å². The number of rotatable bonds is 0. The van der Waals surface area contributed by atoms with Crippen LogP contribution in [-0.4, -0.2) is 5.11 Å². The first kappa shape index (κ1) is 5.85. The summed E-state index contributed by atoms with van der Waals surface area (Å²) in [5, 5.41) is 9.12. The van der Waals surface area contributed by atoms with Crippen LogP contribution >= 0.6 is 15.9 Å². The maximum absolute atomic E-state index is 12.4. The van der Waals surface area contributed by atoms with Crippen molar-refractivity contribution in [1.82, 2.24) is 0 Å². The van der Waals surface area contributed by atoms with Crippen molar-refractivity contribution in [2.24, 2.45) is 0 Å². The molecule has 1 nitrogen and oxygen atoms in total. The predicted molar refractivity (Wildman–Crippen MR) is 40.8 cm³/mol. The number of hydrogen-bond acceptors (Lipinski definition) is 1. The lowest BCUT2D eigenvalue weighted by Crippen LogP contribution is -2.03. The maximum atomic E-state index is 12.4. The van der Waals surface area contributed by atoms with E-state index < -0.39 is 35.6 Å². The van der Waals surface area contributed by atoms with E-state index in [1.165, 1.54) is 0 Å². The fourth-order valence-electron chi connectivity index (χ4n) is 0.523. The molecule has 66 valence electrons. The average molecular weight is 244 g/mol. The van der Waals surface area contributed by atoms with Crippen LogP contribution in [0.15, 0.2) is 22.6 Å². The van der Waals surface area contributed by atoms with Crippen LogP contribution in [0, 0.1) is 0 Å². The van der Waals surface area contributed by atoms with Gasteiger partial charge in [0.2, 0.25) is 0 Å². The van der Waals surface area contributed by atoms with Crippen molar-refractivity contribution in [2.75, 3.05) is 0 Å². The van der Waals surface area contributed by atoms with Gasteiger partial charge < -0.3 is 5.11 Å². The van der Waals surface area contributed by atoms with Gasteiger partial charge in [0.05, 0.1) is 14.1 Å². The van der Waals surface area contributed by atoms with Crippen LogP contribution in [-0.2, 0) is 6.18 Å². The smallest absolute Gasteiger partial charge is 0.416 e. The van der Waals surface area contributed by atoms with Crippen LogP contribution in [0.5, 0.6) is 5.75 Å². The van der Waals surface area contributed by atoms with Gasteiger partial charge in [-0.2, -0.15) is 13.2 Å². The first-order valence-electron chi connectivity index (χ1n) is 4.23. The minimum Gasteiger partial charge on any atom is -0.507 e. The maximum Gasteiger partial charge on any atom is 0.416 e. The highest BCUT2D eigenvalue weighted by atomic mass is 79.9. The minimum absolute atomic E-state index is 0.384. The molecular formula is C7H4BrF3O. The highest BCUT2D eigenvalue weighted by Crippen LogP contribution is 2.34. The molecule has 0 bridgehead atoms. The molecule has 0 aliphatic rings. The zero-order chi connectivity index (χ0) is 12.0. The van der Waals surface area contributed by atoms with Crippen LogP contribution in [0.4, 0.5) is 13.2 Å². The Balaban J connectivity index is 3.68. The van der Waals surface area contributed by atoms with Crippen LogP contribution in [0.25, 0.3) is 0 Å². The van der Waals surface area contributed by atoms with E-state index >= 15 is 0 Å². The molecule has 1 aromatic rings. The van der Waals surface area contributed by atoms with Gasteiger partial charge in [-0.1, -0.05) is 0 Å². The highest BCUT2D eigenvalue weighted by molar-refractivity contribution is 9.10. The molecule has 0 fully saturated rings. The van der Waals surface area contributed by atoms with Gasteiger partial charge in [-0.05, 0) is 34.1 Å². The van der Waals surface area contributed by atoms with Crippen LogP contribution in [0.1, 0.15) is 9.68 Å². The number of halogens is 4. The molecular weight excluding hydrogens is 237 g/mol. The summed E-state index contributed by atoms with van der Waals surface area (Å²) < 4.78 is 57.9. The van der Waals surface area contributed by atoms with Crippen molar-refractivity contribution < 1.29 is 22.4 Å². The Morgan fingerprint density at radius 2 is 2.00 bits per heavy atom. The van der Waals surface area contributed by atoms with Crippen LogP contribution in [0.2, 0.25) is 0 Å². The predicted octanol–water partition coefficient (Wildman–Crippen LogP) is 3.17. The number of alkyl halides is 3. The zero-order valence-electron chi connectivity index (χ0n) is 8.46. The fraction of sp³-hybridized carbons (Fsp3) is 0.143. The molecule has 0 unspecified atom stereocenters. The Labute approximate surface area is 79.2 Å². The third-order valence-corrected chi connectivity index (χ3v) is 1.61. The average Bonchev–Trinajstić information content (AvgIpc) is 2.09. The summed E-state index contributed by atoms with van der Waals surface area (Å²) in [6.45, 7) is 0. The van der Waals surface area contributed by atoms with Gasteiger partial charge in [-0.3, -0.25) is 0 Å². The Hall–Kier alpha value is -0.710. The van der Waals surface area contributed by atoms with E-state index in [0.29, 0.717) is 0 Å². The molecule has 5 heteroatoms. The van der Waals surface area contributed by atoms with E-state index in [-0.39, 0.29) is 4.47 Å². The Morgan fingerprint density at radius 1 is 1.42 bits per heavy atom. The number of aromatic hydroxyl groups is 1. The summed E-state index contributed by atoms with van der Waals surface area (Å²) in [4.78, 5) is 0. The topological polar surface area (TPSA) is 20.2 Å². The number of phenols is 1. The lowest BCUT2D eigenvalue weighted by Gasteiger charge is -2.06. The van der Waals surface area contributed by atoms with Gasteiger partial charge in [0.1, 0.15) is 5.75 Å². The van der Waals surface area contributed by atoms with E-state index in [2.05, 4.69) is 15.9 Å². The van der Waals surface area contributed by atoms with Gasteiger partial charge in [0, 0.05) is 0 Å². The van der Waals surface area contributed by atoms with Crippen LogP contribution < -0.4 is 0 Å². The second kappa shape index (κ2) is 2.97. The summed E-state index contributed by atoms with van der Waals surface area (Å²) in [5.41, 5.74) is -1.60. The van der Waals surface area contributed by atoms with E-state index in [9.17, 15) is 13.2 Å². The Kier molecular flexibility index (Phi) is 1.45. The molecule has 0 atom stereocenters. The molecule has 0 saturated heterocycles. The molecule has 12 heavy (non-hydrogen) atoms. The van der Waals surface area contributed by atoms with E-state index in [0.717, 1.165) is 0 Å². The number of hydrogen-bond donors (Lipinski definition) is 1. The molecule has 0 aromatic heterocycles. The number of phenolic OH excluding ortho intramolecular Hbond substituents is 1. The lowest BCUT2D eigenvalue weighted by molar-refractivity contribution is -0.137. The third kappa shape index (κ3) is 1.91. The summed E-state index contributed by atoms with van der Waals surface area (Å²) >= 11 is 2.64. The second-order valence-corrected chi connectivity index (χ2v) is 2.70. The Bertz CT molecular complexity index is 390. The van der Waals surface area contributed by atoms with Crippen molar-refractivity contribution >= 4 is 15.9 Å². The summed E-state index contributed by atoms with van der Waals surface area (Å²) in [6, 6.07) is -3.12. The molecule has 0 aliphatic heterocycles. The van der Waals surface area contributed by atoms with Crippen molar-refractivity contribution in [3.05, 3.63) is 28.2 Å². The molecule has 0 spiro atoms. The summed E-state index contributed by atoms with van der Waals surface area (Å²) in [6.07, 6.45) is -4.93. The van der Waals surface area contributed by atoms with Gasteiger partial charge in [0.15, 0.2) is 0 Å². The van der Waals surface area contributed by atoms with Crippen molar-refractivity contribution in [2.45, 2.75) is 6.18 Å². The Morgan fingerprint density at radius 3 is 2.50 bits per heavy atom. The monoisotopic (exact) mass is 243 g/mol. The van der Waals surface area contributed by atoms with Crippen molar-refractivity contribution in [3.63, 3.8) is 0 Å². The normalized spacial score (nSPS) is 15.2. The molecule has 0 saturated carbocycles. The van der Waals surface area contributed by atoms with Gasteiger partial charge >= 0.3 is 6.18 Å². The standard InChI is InChI=1S/C7H4BrF3O/c8-5-2-1-4(3-6(5)12)7(9,10)11/h1-3,12H/i1D,2D,3D. The first-order valence-corrected chi connectivity index (χ1v) is 3.52. The lowest BCUT2D eigenvalue weighted by atomic mass is 10.2. The molecule has 1 N–H and O–H groups in total. The summed E-state index contributed by atoms with van der Waals surface area (Å²) in [7, 11) is 0. The van der Waals surface area contributed by atoms with E-state index in [1.54, 1.807) is 0 Å². The molecule has 0 amide bonds. The fourth-order valence-corrected chi connectivity index (χ4v) is 0.721. The zero-order valence-corrected chi connectivity index (χ0v) is 7.05. The highest BCUT2D eigenvalue weighted by Gasteiger charge is 2.30. The van der Waals surface area contributed by atoms with Crippen molar-refractivity contribution in [1.29, 1.82) is 0 Å². The SMILES string of the molecule is [2H]c1c([2H])c(C(F)(F)F)c([2H])c(O)c1Br. The summed E-state index contributed by atoms with van der Waals surface area (Å²) in [5.74, 6) is -0.983. The van der Waals surface area contributed by atoms with Gasteiger partial charge in [-0.15, -0.1) is 0 Å². The van der Waals surface area contributed by atoms with E-state index in [1.807, 2.05) is 0 Å². The van der Waals surface area contributed by atoms with Gasteiger partial charge in [-0.25, -0.2) is 0 Å². The first-order chi connectivity index (χ1) is 6.68. The third-order valence-electron chi connectivity index (χ3n) is 1.03. The molecule has 1 aromatic carbocycles. The molecule has 0 aliphatic carbocycles. The molecule has 1 rings (SSSR count). The second-order valence-electron chi connectivity index (χ2n) is 1.91. The van der Waals surface area contributed by atoms with Crippen molar-refractivity contribution in [3.8, 4) is 5.75 Å². The number of benzene rings is 1. The van der Waals surface area contributed by atoms with Crippen LogP contribution in [0.3, 0.4) is 0 Å². The van der Waals surface area contributed by atoms with E-state index in [4.69, 9.17) is 9.22 Å². The molecule has 0 radical (unpaired) electrons. The molecule has 0 heterocycles. The largest absolute Gasteiger partial charge is 0.507 e.